The first kappa shape index (κ1) is 14.3. The molecule has 5 nitrogen and oxygen atoms in total. The number of nitrogens with zero attached hydrogens (tertiary/aromatic N) is 4. The molecule has 0 saturated carbocycles. The van der Waals surface area contributed by atoms with Gasteiger partial charge in [-0.25, -0.2) is 0 Å². The van der Waals surface area contributed by atoms with Gasteiger partial charge in [-0.2, -0.15) is 5.10 Å². The Morgan fingerprint density at radius 1 is 1.47 bits per heavy atom. The molecule has 2 N–H and O–H groups in total. The van der Waals surface area contributed by atoms with Crippen molar-refractivity contribution in [3.05, 3.63) is 11.3 Å². The van der Waals surface area contributed by atoms with Crippen molar-refractivity contribution < 1.29 is 0 Å². The maximum absolute atomic E-state index is 5.86. The fourth-order valence-electron chi connectivity index (χ4n) is 2.95. The van der Waals surface area contributed by atoms with Gasteiger partial charge in [-0.1, -0.05) is 19.1 Å². The zero-order valence-corrected chi connectivity index (χ0v) is 13.0. The minimum Gasteiger partial charge on any atom is -0.389 e. The van der Waals surface area contributed by atoms with Gasteiger partial charge >= 0.3 is 0 Å². The van der Waals surface area contributed by atoms with Crippen LogP contribution < -0.4 is 10.6 Å². The van der Waals surface area contributed by atoms with Crippen LogP contribution in [0.25, 0.3) is 0 Å². The molecule has 1 atom stereocenters. The summed E-state index contributed by atoms with van der Waals surface area (Å²) in [5.41, 5.74) is 7.70. The van der Waals surface area contributed by atoms with E-state index in [9.17, 15) is 0 Å². The Kier molecular flexibility index (Phi) is 4.10. The van der Waals surface area contributed by atoms with Crippen molar-refractivity contribution in [1.29, 1.82) is 0 Å². The highest BCUT2D eigenvalue weighted by Gasteiger charge is 2.27. The van der Waals surface area contributed by atoms with Crippen LogP contribution in [0.5, 0.6) is 0 Å². The van der Waals surface area contributed by atoms with Crippen LogP contribution in [0.2, 0.25) is 0 Å². The zero-order valence-electron chi connectivity index (χ0n) is 12.2. The summed E-state index contributed by atoms with van der Waals surface area (Å²) in [5.74, 6) is 1.06. The fraction of sp³-hybridized carbons (Fsp3) is 0.692. The van der Waals surface area contributed by atoms with E-state index < -0.39 is 0 Å². The van der Waals surface area contributed by atoms with Crippen molar-refractivity contribution >= 4 is 23.0 Å². The molecule has 2 rings (SSSR count). The molecule has 0 spiro atoms. The topological polar surface area (TPSA) is 50.3 Å². The lowest BCUT2D eigenvalue weighted by molar-refractivity contribution is 0.198. The smallest absolute Gasteiger partial charge is 0.137 e. The highest BCUT2D eigenvalue weighted by atomic mass is 32.1. The average Bonchev–Trinajstić information content (AvgIpc) is 2.64. The summed E-state index contributed by atoms with van der Waals surface area (Å²) in [7, 11) is 1.96. The molecule has 1 aliphatic heterocycles. The minimum atomic E-state index is 0.436. The number of hydrogen-bond acceptors (Lipinski definition) is 4. The molecule has 1 aromatic rings. The summed E-state index contributed by atoms with van der Waals surface area (Å²) in [6, 6.07) is 0.535. The van der Waals surface area contributed by atoms with E-state index in [1.165, 1.54) is 0 Å². The molecular weight excluding hydrogens is 258 g/mol. The second-order valence-electron chi connectivity index (χ2n) is 5.20. The summed E-state index contributed by atoms with van der Waals surface area (Å²) in [4.78, 5) is 5.28. The Bertz CT molecular complexity index is 482. The van der Waals surface area contributed by atoms with Crippen LogP contribution in [-0.2, 0) is 7.05 Å². The van der Waals surface area contributed by atoms with Crippen LogP contribution in [0.3, 0.4) is 0 Å². The molecule has 1 unspecified atom stereocenters. The number of likely N-dealkylation sites (N-methyl/N-ethyl adjacent to an activating group) is 1. The number of rotatable bonds is 3. The van der Waals surface area contributed by atoms with E-state index in [0.717, 1.165) is 43.3 Å². The molecule has 0 aliphatic carbocycles. The molecule has 1 saturated heterocycles. The van der Waals surface area contributed by atoms with Gasteiger partial charge < -0.3 is 10.6 Å². The van der Waals surface area contributed by atoms with Crippen molar-refractivity contribution in [2.24, 2.45) is 12.8 Å². The quantitative estimate of drug-likeness (QED) is 0.834. The normalized spacial score (nSPS) is 20.8. The molecule has 0 radical (unpaired) electrons. The first-order valence-corrected chi connectivity index (χ1v) is 7.18. The fourth-order valence-corrected chi connectivity index (χ4v) is 3.19. The Labute approximate surface area is 120 Å². The number of thiocarbonyl (C=S) groups is 1. The number of aryl methyl sites for hydroxylation is 2. The number of nitrogens with two attached hydrogens (primary N) is 1. The Hall–Kier alpha value is -1.14. The van der Waals surface area contributed by atoms with E-state index in [-0.39, 0.29) is 0 Å². The number of anilines is 1. The molecule has 1 aromatic heterocycles. The van der Waals surface area contributed by atoms with Crippen LogP contribution >= 0.6 is 12.2 Å². The number of piperazine rings is 1. The van der Waals surface area contributed by atoms with Crippen molar-refractivity contribution in [3.63, 3.8) is 0 Å². The molecule has 0 bridgehead atoms. The molecule has 1 aliphatic rings. The molecule has 6 heteroatoms. The summed E-state index contributed by atoms with van der Waals surface area (Å²) in [5, 5.41) is 4.47. The predicted molar refractivity (Wildman–Crippen MR) is 82.8 cm³/mol. The Morgan fingerprint density at radius 3 is 2.68 bits per heavy atom. The van der Waals surface area contributed by atoms with Crippen LogP contribution in [0, 0.1) is 6.92 Å². The molecule has 0 aromatic carbocycles. The van der Waals surface area contributed by atoms with Gasteiger partial charge in [0.25, 0.3) is 0 Å². The van der Waals surface area contributed by atoms with Gasteiger partial charge in [0.1, 0.15) is 10.8 Å². The van der Waals surface area contributed by atoms with Crippen LogP contribution in [-0.4, -0.2) is 51.9 Å². The van der Waals surface area contributed by atoms with Gasteiger partial charge in [0, 0.05) is 32.7 Å². The van der Waals surface area contributed by atoms with Crippen molar-refractivity contribution in [3.8, 4) is 0 Å². The van der Waals surface area contributed by atoms with Gasteiger partial charge in [0.2, 0.25) is 0 Å². The molecule has 19 heavy (non-hydrogen) atoms. The van der Waals surface area contributed by atoms with Crippen molar-refractivity contribution in [2.75, 3.05) is 31.1 Å². The average molecular weight is 281 g/mol. The summed E-state index contributed by atoms with van der Waals surface area (Å²) in [6.45, 7) is 10.6. The largest absolute Gasteiger partial charge is 0.389 e. The maximum atomic E-state index is 5.86. The van der Waals surface area contributed by atoms with E-state index in [4.69, 9.17) is 18.0 Å². The third kappa shape index (κ3) is 2.60. The van der Waals surface area contributed by atoms with Gasteiger partial charge in [0.05, 0.1) is 11.3 Å². The second-order valence-corrected chi connectivity index (χ2v) is 5.64. The molecule has 1 fully saturated rings. The highest BCUT2D eigenvalue weighted by molar-refractivity contribution is 7.80. The lowest BCUT2D eigenvalue weighted by atomic mass is 10.1. The lowest BCUT2D eigenvalue weighted by Gasteiger charge is -2.40. The highest BCUT2D eigenvalue weighted by Crippen LogP contribution is 2.25. The third-order valence-corrected chi connectivity index (χ3v) is 4.11. The van der Waals surface area contributed by atoms with E-state index >= 15 is 0 Å². The van der Waals surface area contributed by atoms with Gasteiger partial charge in [-0.3, -0.25) is 9.58 Å². The molecule has 106 valence electrons. The summed E-state index contributed by atoms with van der Waals surface area (Å²) < 4.78 is 1.90. The zero-order chi connectivity index (χ0) is 14.2. The van der Waals surface area contributed by atoms with Gasteiger partial charge in [0.15, 0.2) is 0 Å². The molecular formula is C13H23N5S. The SMILES string of the molecule is CCN1CCN(c2c(C(N)=S)c(C)nn2C)CC1C. The monoisotopic (exact) mass is 281 g/mol. The summed E-state index contributed by atoms with van der Waals surface area (Å²) in [6.07, 6.45) is 0. The van der Waals surface area contributed by atoms with E-state index in [2.05, 4.69) is 28.7 Å². The number of aromatic nitrogens is 2. The van der Waals surface area contributed by atoms with Gasteiger partial charge in [-0.05, 0) is 20.4 Å². The Morgan fingerprint density at radius 2 is 2.16 bits per heavy atom. The lowest BCUT2D eigenvalue weighted by Crippen LogP contribution is -2.52. The van der Waals surface area contributed by atoms with Gasteiger partial charge in [-0.15, -0.1) is 0 Å². The third-order valence-electron chi connectivity index (χ3n) is 3.91. The summed E-state index contributed by atoms with van der Waals surface area (Å²) >= 11 is 5.18. The predicted octanol–water partition coefficient (Wildman–Crippen LogP) is 0.893. The first-order valence-electron chi connectivity index (χ1n) is 6.78. The van der Waals surface area contributed by atoms with Crippen LogP contribution in [0.1, 0.15) is 25.1 Å². The van der Waals surface area contributed by atoms with Crippen LogP contribution in [0.15, 0.2) is 0 Å². The van der Waals surface area contributed by atoms with E-state index in [1.807, 2.05) is 18.7 Å². The molecule has 0 amide bonds. The Balaban J connectivity index is 2.31. The standard InChI is InChI=1S/C13H23N5S/c1-5-17-6-7-18(8-9(17)2)13-11(12(14)19)10(3)15-16(13)4/h9H,5-8H2,1-4H3,(H2,14,19). The van der Waals surface area contributed by atoms with Crippen molar-refractivity contribution in [1.82, 2.24) is 14.7 Å². The van der Waals surface area contributed by atoms with E-state index in [1.54, 1.807) is 0 Å². The second kappa shape index (κ2) is 5.46. The first-order chi connectivity index (χ1) is 8.95. The van der Waals surface area contributed by atoms with E-state index in [0.29, 0.717) is 11.0 Å². The minimum absolute atomic E-state index is 0.436. The number of hydrogen-bond donors (Lipinski definition) is 1. The van der Waals surface area contributed by atoms with Crippen LogP contribution in [0.4, 0.5) is 5.82 Å². The van der Waals surface area contributed by atoms with Crippen molar-refractivity contribution in [2.45, 2.75) is 26.8 Å². The molecule has 2 heterocycles. The maximum Gasteiger partial charge on any atom is 0.137 e.